The molecule has 0 aromatic rings. The molecule has 0 saturated carbocycles. The van der Waals surface area contributed by atoms with Crippen LogP contribution < -0.4 is 0 Å². The first-order valence-electron chi connectivity index (χ1n) is 11.5. The molecular formula is C23H48O2. The van der Waals surface area contributed by atoms with Crippen LogP contribution in [0.5, 0.6) is 0 Å². The lowest BCUT2D eigenvalue weighted by atomic mass is 9.92. The van der Waals surface area contributed by atoms with Crippen LogP contribution >= 0.6 is 0 Å². The minimum Gasteiger partial charge on any atom is -0.366 e. The Hall–Kier alpha value is -0.0800. The van der Waals surface area contributed by atoms with E-state index in [0.29, 0.717) is 18.8 Å². The molecule has 0 aliphatic carbocycles. The molecule has 0 amide bonds. The van der Waals surface area contributed by atoms with Gasteiger partial charge in [-0.15, -0.1) is 0 Å². The summed E-state index contributed by atoms with van der Waals surface area (Å²) < 4.78 is 0. The van der Waals surface area contributed by atoms with Gasteiger partial charge in [0.05, 0.1) is 0 Å². The first-order chi connectivity index (χ1) is 12.0. The Morgan fingerprint density at radius 1 is 0.600 bits per heavy atom. The van der Waals surface area contributed by atoms with Crippen LogP contribution in [-0.2, 0) is 0 Å². The summed E-state index contributed by atoms with van der Waals surface area (Å²) in [5, 5.41) is 20.4. The van der Waals surface area contributed by atoms with Crippen molar-refractivity contribution in [2.24, 2.45) is 5.92 Å². The second-order valence-corrected chi connectivity index (χ2v) is 8.43. The lowest BCUT2D eigenvalue weighted by Crippen LogP contribution is -2.30. The van der Waals surface area contributed by atoms with Crippen molar-refractivity contribution in [2.45, 2.75) is 142 Å². The van der Waals surface area contributed by atoms with Gasteiger partial charge in [0.25, 0.3) is 0 Å². The van der Waals surface area contributed by atoms with Crippen LogP contribution in [0.2, 0.25) is 0 Å². The van der Waals surface area contributed by atoms with Crippen molar-refractivity contribution in [1.29, 1.82) is 0 Å². The van der Waals surface area contributed by atoms with E-state index in [0.717, 1.165) is 19.3 Å². The molecule has 1 atom stereocenters. The molecule has 0 bridgehead atoms. The number of aliphatic hydroxyl groups is 2. The largest absolute Gasteiger partial charge is 0.366 e. The molecule has 0 saturated heterocycles. The Labute approximate surface area is 158 Å². The van der Waals surface area contributed by atoms with Gasteiger partial charge < -0.3 is 10.2 Å². The average Bonchev–Trinajstić information content (AvgIpc) is 2.56. The van der Waals surface area contributed by atoms with Crippen LogP contribution in [-0.4, -0.2) is 16.0 Å². The summed E-state index contributed by atoms with van der Waals surface area (Å²) in [4.78, 5) is 0. The van der Waals surface area contributed by atoms with Crippen molar-refractivity contribution in [3.05, 3.63) is 0 Å². The van der Waals surface area contributed by atoms with Gasteiger partial charge in [0.1, 0.15) is 0 Å². The Morgan fingerprint density at radius 3 is 1.48 bits per heavy atom. The Morgan fingerprint density at radius 2 is 1.00 bits per heavy atom. The summed E-state index contributed by atoms with van der Waals surface area (Å²) in [6.07, 6.45) is 21.6. The standard InChI is InChI=1S/C23H48O2/c1-4-6-8-10-12-13-14-15-17-19-22(3)21-23(24,25)20-18-16-11-9-7-5-2/h22,24-25H,4-21H2,1-3H3. The van der Waals surface area contributed by atoms with Crippen molar-refractivity contribution >= 4 is 0 Å². The third-order valence-corrected chi connectivity index (χ3v) is 5.41. The van der Waals surface area contributed by atoms with Crippen molar-refractivity contribution in [2.75, 3.05) is 0 Å². The van der Waals surface area contributed by atoms with Crippen LogP contribution in [0.15, 0.2) is 0 Å². The minimum atomic E-state index is -1.44. The first kappa shape index (κ1) is 24.9. The van der Waals surface area contributed by atoms with Crippen LogP contribution in [0.3, 0.4) is 0 Å². The molecular weight excluding hydrogens is 308 g/mol. The molecule has 2 nitrogen and oxygen atoms in total. The lowest BCUT2D eigenvalue weighted by molar-refractivity contribution is -0.178. The van der Waals surface area contributed by atoms with Crippen LogP contribution in [0.25, 0.3) is 0 Å². The number of unbranched alkanes of at least 4 members (excludes halogenated alkanes) is 13. The quantitative estimate of drug-likeness (QED) is 0.187. The van der Waals surface area contributed by atoms with Gasteiger partial charge in [0.15, 0.2) is 5.79 Å². The van der Waals surface area contributed by atoms with Crippen LogP contribution in [0.1, 0.15) is 136 Å². The molecule has 0 aromatic carbocycles. The highest BCUT2D eigenvalue weighted by molar-refractivity contribution is 4.69. The molecule has 2 heteroatoms. The molecule has 1 unspecified atom stereocenters. The van der Waals surface area contributed by atoms with Gasteiger partial charge in [-0.3, -0.25) is 0 Å². The van der Waals surface area contributed by atoms with Crippen LogP contribution in [0.4, 0.5) is 0 Å². The minimum absolute atomic E-state index is 0.416. The van der Waals surface area contributed by atoms with Gasteiger partial charge >= 0.3 is 0 Å². The van der Waals surface area contributed by atoms with Gasteiger partial charge in [-0.1, -0.05) is 117 Å². The molecule has 0 spiro atoms. The zero-order valence-corrected chi connectivity index (χ0v) is 17.7. The van der Waals surface area contributed by atoms with E-state index in [9.17, 15) is 10.2 Å². The monoisotopic (exact) mass is 356 g/mol. The van der Waals surface area contributed by atoms with Gasteiger partial charge in [-0.2, -0.15) is 0 Å². The first-order valence-corrected chi connectivity index (χ1v) is 11.5. The molecule has 0 rings (SSSR count). The fraction of sp³-hybridized carbons (Fsp3) is 1.00. The maximum Gasteiger partial charge on any atom is 0.162 e. The smallest absolute Gasteiger partial charge is 0.162 e. The number of hydrogen-bond acceptors (Lipinski definition) is 2. The molecule has 2 N–H and O–H groups in total. The maximum atomic E-state index is 10.2. The van der Waals surface area contributed by atoms with Gasteiger partial charge in [-0.05, 0) is 12.3 Å². The number of rotatable bonds is 19. The molecule has 0 aliphatic rings. The summed E-state index contributed by atoms with van der Waals surface area (Å²) in [6.45, 7) is 6.66. The van der Waals surface area contributed by atoms with Crippen LogP contribution in [0, 0.1) is 5.92 Å². The van der Waals surface area contributed by atoms with E-state index in [1.54, 1.807) is 0 Å². The molecule has 25 heavy (non-hydrogen) atoms. The third-order valence-electron chi connectivity index (χ3n) is 5.41. The summed E-state index contributed by atoms with van der Waals surface area (Å²) >= 11 is 0. The predicted octanol–water partition coefficient (Wildman–Crippen LogP) is 7.37. The fourth-order valence-electron chi connectivity index (χ4n) is 3.75. The molecule has 0 radical (unpaired) electrons. The normalized spacial score (nSPS) is 13.3. The Kier molecular flexibility index (Phi) is 17.3. The van der Waals surface area contributed by atoms with Gasteiger partial charge in [0, 0.05) is 12.8 Å². The summed E-state index contributed by atoms with van der Waals surface area (Å²) in [5.41, 5.74) is 0. The van der Waals surface area contributed by atoms with Crippen molar-refractivity contribution in [3.8, 4) is 0 Å². The van der Waals surface area contributed by atoms with E-state index in [2.05, 4.69) is 20.8 Å². The Balaban J connectivity index is 3.51. The van der Waals surface area contributed by atoms with Crippen molar-refractivity contribution in [1.82, 2.24) is 0 Å². The zero-order valence-electron chi connectivity index (χ0n) is 17.7. The van der Waals surface area contributed by atoms with E-state index in [1.807, 2.05) is 0 Å². The third kappa shape index (κ3) is 18.5. The highest BCUT2D eigenvalue weighted by Crippen LogP contribution is 2.25. The maximum absolute atomic E-state index is 10.2. The molecule has 0 aromatic heterocycles. The second kappa shape index (κ2) is 17.3. The average molecular weight is 357 g/mol. The fourth-order valence-corrected chi connectivity index (χ4v) is 3.75. The zero-order chi connectivity index (χ0) is 18.8. The van der Waals surface area contributed by atoms with Crippen molar-refractivity contribution < 1.29 is 10.2 Å². The molecule has 152 valence electrons. The predicted molar refractivity (Wildman–Crippen MR) is 111 cm³/mol. The van der Waals surface area contributed by atoms with Gasteiger partial charge in [0.2, 0.25) is 0 Å². The highest BCUT2D eigenvalue weighted by atomic mass is 16.5. The molecule has 0 heterocycles. The van der Waals surface area contributed by atoms with E-state index >= 15 is 0 Å². The van der Waals surface area contributed by atoms with E-state index in [-0.39, 0.29) is 0 Å². The molecule has 0 aliphatic heterocycles. The van der Waals surface area contributed by atoms with Crippen molar-refractivity contribution in [3.63, 3.8) is 0 Å². The SMILES string of the molecule is CCCCCCCCCCCC(C)CC(O)(O)CCCCCCCC. The molecule has 0 fully saturated rings. The van der Waals surface area contributed by atoms with E-state index in [4.69, 9.17) is 0 Å². The summed E-state index contributed by atoms with van der Waals surface area (Å²) in [5.74, 6) is -1.02. The van der Waals surface area contributed by atoms with E-state index < -0.39 is 5.79 Å². The Bertz CT molecular complexity index is 263. The topological polar surface area (TPSA) is 40.5 Å². The van der Waals surface area contributed by atoms with E-state index in [1.165, 1.54) is 83.5 Å². The summed E-state index contributed by atoms with van der Waals surface area (Å²) in [6, 6.07) is 0. The van der Waals surface area contributed by atoms with Gasteiger partial charge in [-0.25, -0.2) is 0 Å². The lowest BCUT2D eigenvalue weighted by Gasteiger charge is -2.25. The summed E-state index contributed by atoms with van der Waals surface area (Å²) in [7, 11) is 0. The second-order valence-electron chi connectivity index (χ2n) is 8.43. The number of hydrogen-bond donors (Lipinski definition) is 2. The highest BCUT2D eigenvalue weighted by Gasteiger charge is 2.24.